The highest BCUT2D eigenvalue weighted by molar-refractivity contribution is 7.88. The van der Waals surface area contributed by atoms with E-state index in [9.17, 15) is 17.6 Å². The van der Waals surface area contributed by atoms with Crippen LogP contribution in [0.4, 0.5) is 4.39 Å². The van der Waals surface area contributed by atoms with Crippen LogP contribution < -0.4 is 5.32 Å². The first-order valence-corrected chi connectivity index (χ1v) is 11.9. The summed E-state index contributed by atoms with van der Waals surface area (Å²) in [5.41, 5.74) is 0.174. The van der Waals surface area contributed by atoms with E-state index in [1.165, 1.54) is 22.5 Å². The first kappa shape index (κ1) is 22.1. The number of sulfonamides is 1. The van der Waals surface area contributed by atoms with Gasteiger partial charge in [-0.1, -0.05) is 18.2 Å². The van der Waals surface area contributed by atoms with Crippen LogP contribution in [0.1, 0.15) is 24.8 Å². The summed E-state index contributed by atoms with van der Waals surface area (Å²) >= 11 is 0. The molecule has 3 rings (SSSR count). The molecule has 29 heavy (non-hydrogen) atoms. The molecule has 0 atom stereocenters. The van der Waals surface area contributed by atoms with Crippen LogP contribution in [0.15, 0.2) is 24.3 Å². The second-order valence-corrected chi connectivity index (χ2v) is 9.59. The second-order valence-electron chi connectivity index (χ2n) is 7.62. The molecule has 0 bridgehead atoms. The highest BCUT2D eigenvalue weighted by Crippen LogP contribution is 2.22. The highest BCUT2D eigenvalue weighted by atomic mass is 32.2. The van der Waals surface area contributed by atoms with Crippen LogP contribution in [0.2, 0.25) is 0 Å². The number of carbonyl (C=O) groups is 1. The Morgan fingerprint density at radius 1 is 1.14 bits per heavy atom. The Kier molecular flexibility index (Phi) is 7.99. The fourth-order valence-electron chi connectivity index (χ4n) is 3.78. The molecule has 0 aromatic heterocycles. The van der Waals surface area contributed by atoms with E-state index in [1.807, 2.05) is 0 Å². The zero-order valence-corrected chi connectivity index (χ0v) is 17.5. The van der Waals surface area contributed by atoms with Crippen LogP contribution in [0.5, 0.6) is 0 Å². The molecule has 0 aliphatic carbocycles. The molecule has 2 fully saturated rings. The fraction of sp³-hybridized carbons (Fsp3) is 0.650. The zero-order valence-electron chi connectivity index (χ0n) is 16.7. The van der Waals surface area contributed by atoms with Gasteiger partial charge in [-0.15, -0.1) is 0 Å². The van der Waals surface area contributed by atoms with Gasteiger partial charge in [0.1, 0.15) is 5.82 Å². The maximum absolute atomic E-state index is 13.8. The van der Waals surface area contributed by atoms with Crippen molar-refractivity contribution >= 4 is 15.9 Å². The first-order chi connectivity index (χ1) is 14.0. The number of piperidine rings is 1. The molecule has 0 saturated carbocycles. The van der Waals surface area contributed by atoms with Crippen molar-refractivity contribution < 1.29 is 22.3 Å². The molecular weight excluding hydrogens is 397 g/mol. The van der Waals surface area contributed by atoms with Crippen molar-refractivity contribution in [2.45, 2.75) is 25.0 Å². The molecule has 7 nitrogen and oxygen atoms in total. The van der Waals surface area contributed by atoms with Gasteiger partial charge in [0.05, 0.1) is 19.0 Å². The summed E-state index contributed by atoms with van der Waals surface area (Å²) in [6.45, 7) is 5.57. The molecule has 1 N–H and O–H groups in total. The molecular formula is C20H30FN3O4S. The van der Waals surface area contributed by atoms with Gasteiger partial charge in [-0.05, 0) is 31.9 Å². The molecule has 162 valence electrons. The number of nitrogens with zero attached hydrogens (tertiary/aromatic N) is 2. The topological polar surface area (TPSA) is 79.0 Å². The summed E-state index contributed by atoms with van der Waals surface area (Å²) in [6.07, 6.45) is 1.87. The molecule has 9 heteroatoms. The molecule has 1 amide bonds. The van der Waals surface area contributed by atoms with Crippen LogP contribution in [-0.2, 0) is 25.3 Å². The third-order valence-electron chi connectivity index (χ3n) is 5.57. The maximum Gasteiger partial charge on any atom is 0.223 e. The summed E-state index contributed by atoms with van der Waals surface area (Å²) in [5.74, 6) is -1.03. The van der Waals surface area contributed by atoms with Gasteiger partial charge in [-0.25, -0.2) is 17.1 Å². The van der Waals surface area contributed by atoms with Crippen molar-refractivity contribution in [2.75, 3.05) is 52.5 Å². The Morgan fingerprint density at radius 2 is 1.83 bits per heavy atom. The van der Waals surface area contributed by atoms with Crippen molar-refractivity contribution in [2.24, 2.45) is 5.92 Å². The minimum atomic E-state index is -3.60. The molecule has 0 radical (unpaired) electrons. The Balaban J connectivity index is 1.38. The summed E-state index contributed by atoms with van der Waals surface area (Å²) < 4.78 is 45.7. The van der Waals surface area contributed by atoms with Gasteiger partial charge in [0.15, 0.2) is 0 Å². The van der Waals surface area contributed by atoms with E-state index in [4.69, 9.17) is 4.74 Å². The van der Waals surface area contributed by atoms with Crippen molar-refractivity contribution in [1.29, 1.82) is 0 Å². The monoisotopic (exact) mass is 427 g/mol. The van der Waals surface area contributed by atoms with Gasteiger partial charge in [-0.2, -0.15) is 0 Å². The minimum absolute atomic E-state index is 0.00173. The molecule has 2 aliphatic heterocycles. The van der Waals surface area contributed by atoms with Crippen molar-refractivity contribution in [1.82, 2.24) is 14.5 Å². The van der Waals surface area contributed by atoms with Gasteiger partial charge < -0.3 is 10.1 Å². The molecule has 2 heterocycles. The quantitative estimate of drug-likeness (QED) is 0.631. The predicted molar refractivity (Wildman–Crippen MR) is 108 cm³/mol. The molecule has 1 aromatic rings. The molecule has 0 spiro atoms. The standard InChI is InChI=1S/C20H30FN3O4S/c21-19-5-2-1-4-18(19)16-29(26,27)24-10-6-17(7-11-24)20(25)22-8-3-9-23-12-14-28-15-13-23/h1-2,4-5,17H,3,6-16H2,(H,22,25). The summed E-state index contributed by atoms with van der Waals surface area (Å²) in [6, 6.07) is 5.92. The molecule has 0 unspecified atom stereocenters. The molecule has 1 aromatic carbocycles. The average Bonchev–Trinajstić information content (AvgIpc) is 2.73. The van der Waals surface area contributed by atoms with E-state index in [1.54, 1.807) is 6.07 Å². The number of morpholine rings is 1. The van der Waals surface area contributed by atoms with Crippen LogP contribution in [0.3, 0.4) is 0 Å². The van der Waals surface area contributed by atoms with E-state index < -0.39 is 15.8 Å². The zero-order chi connectivity index (χ0) is 20.7. The van der Waals surface area contributed by atoms with Crippen molar-refractivity contribution in [3.05, 3.63) is 35.6 Å². The number of hydrogen-bond donors (Lipinski definition) is 1. The van der Waals surface area contributed by atoms with Gasteiger partial charge in [-0.3, -0.25) is 9.69 Å². The maximum atomic E-state index is 13.8. The highest BCUT2D eigenvalue weighted by Gasteiger charge is 2.31. The predicted octanol–water partition coefficient (Wildman–Crippen LogP) is 1.21. The average molecular weight is 428 g/mol. The Hall–Kier alpha value is -1.55. The third kappa shape index (κ3) is 6.47. The number of ether oxygens (including phenoxy) is 1. The van der Waals surface area contributed by atoms with Gasteiger partial charge in [0, 0.05) is 44.2 Å². The lowest BCUT2D eigenvalue weighted by Crippen LogP contribution is -2.44. The Labute approximate surface area is 172 Å². The van der Waals surface area contributed by atoms with Crippen molar-refractivity contribution in [3.8, 4) is 0 Å². The lowest BCUT2D eigenvalue weighted by molar-refractivity contribution is -0.126. The van der Waals surface area contributed by atoms with Crippen LogP contribution in [-0.4, -0.2) is 76.0 Å². The summed E-state index contributed by atoms with van der Waals surface area (Å²) in [5, 5.41) is 2.98. The minimum Gasteiger partial charge on any atom is -0.379 e. The number of rotatable bonds is 8. The van der Waals surface area contributed by atoms with E-state index in [2.05, 4.69) is 10.2 Å². The van der Waals surface area contributed by atoms with Crippen LogP contribution in [0, 0.1) is 11.7 Å². The Morgan fingerprint density at radius 3 is 2.52 bits per heavy atom. The molecule has 2 aliphatic rings. The van der Waals surface area contributed by atoms with E-state index in [-0.39, 0.29) is 23.1 Å². The lowest BCUT2D eigenvalue weighted by atomic mass is 9.97. The largest absolute Gasteiger partial charge is 0.379 e. The van der Waals surface area contributed by atoms with Crippen molar-refractivity contribution in [3.63, 3.8) is 0 Å². The van der Waals surface area contributed by atoms with Gasteiger partial charge in [0.25, 0.3) is 0 Å². The van der Waals surface area contributed by atoms with Crippen LogP contribution >= 0.6 is 0 Å². The third-order valence-corrected chi connectivity index (χ3v) is 7.40. The molecule has 2 saturated heterocycles. The second kappa shape index (κ2) is 10.5. The summed E-state index contributed by atoms with van der Waals surface area (Å²) in [4.78, 5) is 14.7. The Bertz CT molecular complexity index is 776. The van der Waals surface area contributed by atoms with Gasteiger partial charge >= 0.3 is 0 Å². The number of benzene rings is 1. The number of carbonyl (C=O) groups excluding carboxylic acids is 1. The SMILES string of the molecule is O=C(NCCCN1CCOCC1)C1CCN(S(=O)(=O)Cc2ccccc2F)CC1. The number of amides is 1. The normalized spacial score (nSPS) is 19.9. The number of halogens is 1. The van der Waals surface area contributed by atoms with E-state index in [0.29, 0.717) is 32.5 Å². The number of hydrogen-bond acceptors (Lipinski definition) is 5. The smallest absolute Gasteiger partial charge is 0.223 e. The lowest BCUT2D eigenvalue weighted by Gasteiger charge is -2.30. The van der Waals surface area contributed by atoms with E-state index >= 15 is 0 Å². The van der Waals surface area contributed by atoms with E-state index in [0.717, 1.165) is 39.3 Å². The summed E-state index contributed by atoms with van der Waals surface area (Å²) in [7, 11) is -3.60. The van der Waals surface area contributed by atoms with Gasteiger partial charge in [0.2, 0.25) is 15.9 Å². The number of nitrogens with one attached hydrogen (secondary N) is 1. The first-order valence-electron chi connectivity index (χ1n) is 10.2. The van der Waals surface area contributed by atoms with Crippen LogP contribution in [0.25, 0.3) is 0 Å². The fourth-order valence-corrected chi connectivity index (χ4v) is 5.36.